The summed E-state index contributed by atoms with van der Waals surface area (Å²) in [4.78, 5) is 39.7. The van der Waals surface area contributed by atoms with Gasteiger partial charge in [-0.1, -0.05) is 107 Å². The molecule has 4 aromatic carbocycles. The van der Waals surface area contributed by atoms with Crippen molar-refractivity contribution in [2.75, 3.05) is 16.2 Å². The Labute approximate surface area is 356 Å². The van der Waals surface area contributed by atoms with Gasteiger partial charge in [-0.3, -0.25) is 30.4 Å². The zero-order valence-corrected chi connectivity index (χ0v) is 36.1. The molecule has 0 spiro atoms. The fourth-order valence-electron chi connectivity index (χ4n) is 7.37. The van der Waals surface area contributed by atoms with Crippen molar-refractivity contribution in [3.63, 3.8) is 0 Å². The summed E-state index contributed by atoms with van der Waals surface area (Å²) in [6.07, 6.45) is 11.5. The number of thiazole rings is 2. The van der Waals surface area contributed by atoms with E-state index in [2.05, 4.69) is 58.8 Å². The number of anilines is 2. The Bertz CT molecular complexity index is 2470. The summed E-state index contributed by atoms with van der Waals surface area (Å²) < 4.78 is 5.63. The van der Waals surface area contributed by atoms with Gasteiger partial charge in [0.1, 0.15) is 0 Å². The van der Waals surface area contributed by atoms with Crippen LogP contribution in [-0.2, 0) is 0 Å². The number of rotatable bonds is 10. The lowest BCUT2D eigenvalue weighted by molar-refractivity contribution is 0.1000. The molecule has 8 rings (SSSR count). The Balaban J connectivity index is 1.02. The molecule has 2 aliphatic rings. The number of halogens is 2. The normalized spacial score (nSPS) is 15.8. The van der Waals surface area contributed by atoms with E-state index in [9.17, 15) is 9.59 Å². The molecule has 0 atom stereocenters. The molecular formula is C44H43Br2N7O2S2. The first-order chi connectivity index (χ1) is 27.9. The summed E-state index contributed by atoms with van der Waals surface area (Å²) in [6.45, 7) is 0. The lowest BCUT2D eigenvalue weighted by Gasteiger charge is -2.18. The lowest BCUT2D eigenvalue weighted by atomic mass is 9.96. The molecule has 57 heavy (non-hydrogen) atoms. The quantitative estimate of drug-likeness (QED) is 0.127. The number of nitrogens with one attached hydrogen (secondary N) is 3. The molecule has 13 heteroatoms. The number of aromatic nitrogens is 2. The molecule has 292 valence electrons. The van der Waals surface area contributed by atoms with Crippen LogP contribution in [0.5, 0.6) is 0 Å². The average molecular weight is 926 g/mol. The third-order valence-corrected chi connectivity index (χ3v) is 13.2. The Kier molecular flexibility index (Phi) is 12.6. The highest BCUT2D eigenvalue weighted by atomic mass is 79.9. The van der Waals surface area contributed by atoms with Gasteiger partial charge < -0.3 is 5.32 Å². The number of para-hydroxylation sites is 1. The molecule has 0 bridgehead atoms. The van der Waals surface area contributed by atoms with Gasteiger partial charge in [0.25, 0.3) is 11.8 Å². The Hall–Kier alpha value is -4.56. The van der Waals surface area contributed by atoms with E-state index in [-0.39, 0.29) is 23.9 Å². The molecule has 2 aliphatic carbocycles. The molecule has 3 N–H and O–H groups in total. The van der Waals surface area contributed by atoms with Crippen molar-refractivity contribution in [1.29, 1.82) is 0 Å². The lowest BCUT2D eigenvalue weighted by Crippen LogP contribution is -2.32. The predicted octanol–water partition coefficient (Wildman–Crippen LogP) is 11.2. The zero-order chi connectivity index (χ0) is 39.1. The van der Waals surface area contributed by atoms with Gasteiger partial charge in [0.05, 0.1) is 34.7 Å². The number of benzene rings is 4. The van der Waals surface area contributed by atoms with Crippen LogP contribution in [0.3, 0.4) is 0 Å². The minimum Gasteiger partial charge on any atom is -0.355 e. The summed E-state index contributed by atoms with van der Waals surface area (Å²) >= 11 is 10.2. The molecule has 9 nitrogen and oxygen atoms in total. The van der Waals surface area contributed by atoms with E-state index >= 15 is 0 Å². The van der Waals surface area contributed by atoms with E-state index in [0.29, 0.717) is 16.8 Å². The Morgan fingerprint density at radius 1 is 0.579 bits per heavy atom. The van der Waals surface area contributed by atoms with Crippen LogP contribution in [0.15, 0.2) is 127 Å². The van der Waals surface area contributed by atoms with E-state index in [4.69, 9.17) is 9.98 Å². The second-order valence-electron chi connectivity index (χ2n) is 14.5. The first kappa shape index (κ1) is 39.3. The third kappa shape index (κ3) is 9.60. The maximum Gasteiger partial charge on any atom is 0.272 e. The predicted molar refractivity (Wildman–Crippen MR) is 239 cm³/mol. The minimum atomic E-state index is -0.264. The van der Waals surface area contributed by atoms with Gasteiger partial charge in [-0.25, -0.2) is 9.35 Å². The number of amides is 2. The molecule has 0 saturated heterocycles. The largest absolute Gasteiger partial charge is 0.355 e. The topological polar surface area (TPSA) is 105 Å². The second-order valence-corrected chi connectivity index (χ2v) is 18.0. The van der Waals surface area contributed by atoms with Gasteiger partial charge in [0.15, 0.2) is 0 Å². The third-order valence-electron chi connectivity index (χ3n) is 10.5. The number of hydrogen-bond donors (Lipinski definition) is 3. The standard InChI is InChI=1S/C44H43Br2N7O2S2/c45-32-21-15-29(16-22-32)39-27-56-43(48-34-9-3-1-4-10-34)52(39)50-41(54)31-19-25-36(26-20-31)47-38-14-8-7-13-37(38)42(55)51-53-40(30-17-23-33(46)24-18-30)28-57-44(53)49-35-11-5-2-6-12-35/h7-8,13-28,34-35,47H,1-6,9-12H2,(H,50,54)(H,51,55). The molecule has 2 heterocycles. The number of nitrogens with zero attached hydrogens (tertiary/aromatic N) is 4. The summed E-state index contributed by atoms with van der Waals surface area (Å²) in [6, 6.07) is 31.3. The molecule has 2 aromatic heterocycles. The molecule has 0 unspecified atom stereocenters. The van der Waals surface area contributed by atoms with E-state index in [1.165, 1.54) is 49.9 Å². The number of hydrogen-bond acceptors (Lipinski definition) is 7. The molecule has 2 fully saturated rings. The highest BCUT2D eigenvalue weighted by Crippen LogP contribution is 2.27. The number of carbonyl (C=O) groups excluding carboxylic acids is 2. The van der Waals surface area contributed by atoms with E-state index < -0.39 is 0 Å². The minimum absolute atomic E-state index is 0.244. The molecule has 6 aromatic rings. The molecular weight excluding hydrogens is 882 g/mol. The maximum atomic E-state index is 14.1. The van der Waals surface area contributed by atoms with Crippen molar-refractivity contribution in [3.05, 3.63) is 137 Å². The molecule has 2 amide bonds. The Morgan fingerprint density at radius 2 is 1.05 bits per heavy atom. The van der Waals surface area contributed by atoms with Crippen molar-refractivity contribution in [3.8, 4) is 22.5 Å². The van der Waals surface area contributed by atoms with Crippen molar-refractivity contribution in [1.82, 2.24) is 9.35 Å². The highest BCUT2D eigenvalue weighted by molar-refractivity contribution is 9.10. The van der Waals surface area contributed by atoms with Gasteiger partial charge in [-0.05, 0) is 86.3 Å². The van der Waals surface area contributed by atoms with Crippen LogP contribution in [0.25, 0.3) is 22.5 Å². The smallest absolute Gasteiger partial charge is 0.272 e. The summed E-state index contributed by atoms with van der Waals surface area (Å²) in [7, 11) is 0. The second kappa shape index (κ2) is 18.4. The molecule has 2 saturated carbocycles. The molecule has 0 radical (unpaired) electrons. The monoisotopic (exact) mass is 923 g/mol. The van der Waals surface area contributed by atoms with Gasteiger partial charge in [-0.15, -0.1) is 22.7 Å². The van der Waals surface area contributed by atoms with Crippen LogP contribution < -0.4 is 25.8 Å². The first-order valence-corrected chi connectivity index (χ1v) is 22.8. The first-order valence-electron chi connectivity index (χ1n) is 19.5. The van der Waals surface area contributed by atoms with Crippen LogP contribution in [0.2, 0.25) is 0 Å². The van der Waals surface area contributed by atoms with Gasteiger partial charge in [0.2, 0.25) is 9.60 Å². The fraction of sp³-hybridized carbons (Fsp3) is 0.273. The van der Waals surface area contributed by atoms with Crippen molar-refractivity contribution < 1.29 is 9.59 Å². The summed E-state index contributed by atoms with van der Waals surface area (Å²) in [5.74, 6) is -0.508. The summed E-state index contributed by atoms with van der Waals surface area (Å²) in [5.41, 5.74) is 12.4. The van der Waals surface area contributed by atoms with Crippen molar-refractivity contribution in [2.24, 2.45) is 9.98 Å². The van der Waals surface area contributed by atoms with Crippen LogP contribution in [0.4, 0.5) is 11.4 Å². The summed E-state index contributed by atoms with van der Waals surface area (Å²) in [5, 5.41) is 7.52. The fourth-order valence-corrected chi connectivity index (χ4v) is 9.74. The van der Waals surface area contributed by atoms with Crippen LogP contribution in [0, 0.1) is 0 Å². The highest BCUT2D eigenvalue weighted by Gasteiger charge is 2.19. The number of carbonyl (C=O) groups is 2. The van der Waals surface area contributed by atoms with Crippen LogP contribution in [-0.4, -0.2) is 33.3 Å². The average Bonchev–Trinajstić information content (AvgIpc) is 3.82. The Morgan fingerprint density at radius 3 is 1.56 bits per heavy atom. The van der Waals surface area contributed by atoms with Crippen molar-refractivity contribution in [2.45, 2.75) is 76.3 Å². The van der Waals surface area contributed by atoms with Gasteiger partial charge in [-0.2, -0.15) is 0 Å². The van der Waals surface area contributed by atoms with E-state index in [1.807, 2.05) is 88.2 Å². The zero-order valence-electron chi connectivity index (χ0n) is 31.3. The molecule has 0 aliphatic heterocycles. The van der Waals surface area contributed by atoms with Crippen molar-refractivity contribution >= 4 is 77.7 Å². The van der Waals surface area contributed by atoms with E-state index in [1.54, 1.807) is 29.5 Å². The SMILES string of the molecule is O=C(Nn1c(-c2ccc(Br)cc2)csc1=NC1CCCCC1)c1ccc(Nc2ccccc2C(=O)Nn2c(-c3ccc(Br)cc3)csc2=NC2CCCCC2)cc1. The van der Waals surface area contributed by atoms with E-state index in [0.717, 1.165) is 72.4 Å². The van der Waals surface area contributed by atoms with Gasteiger partial charge >= 0.3 is 0 Å². The van der Waals surface area contributed by atoms with Crippen LogP contribution in [0.1, 0.15) is 84.9 Å². The van der Waals surface area contributed by atoms with Gasteiger partial charge in [0, 0.05) is 42.1 Å². The van der Waals surface area contributed by atoms with Crippen LogP contribution >= 0.6 is 54.5 Å². The maximum absolute atomic E-state index is 14.1.